The Kier molecular flexibility index (Phi) is 5.66. The van der Waals surface area contributed by atoms with Crippen LogP contribution in [0.3, 0.4) is 0 Å². The number of aliphatic hydroxyl groups is 1. The van der Waals surface area contributed by atoms with Crippen molar-refractivity contribution in [3.63, 3.8) is 0 Å². The van der Waals surface area contributed by atoms with Crippen LogP contribution >= 0.6 is 11.6 Å². The summed E-state index contributed by atoms with van der Waals surface area (Å²) in [5.41, 5.74) is 6.41. The fraction of sp³-hybridized carbons (Fsp3) is 0.571. The third kappa shape index (κ3) is 5.47. The summed E-state index contributed by atoms with van der Waals surface area (Å²) in [6.07, 6.45) is -0.248. The van der Waals surface area contributed by atoms with E-state index in [9.17, 15) is 13.5 Å². The molecule has 21 heavy (non-hydrogen) atoms. The van der Waals surface area contributed by atoms with Gasteiger partial charge in [-0.05, 0) is 36.5 Å². The van der Waals surface area contributed by atoms with E-state index in [1.54, 1.807) is 6.92 Å². The van der Waals surface area contributed by atoms with E-state index in [2.05, 4.69) is 4.72 Å². The normalized spacial score (nSPS) is 14.2. The number of nitrogen functional groups attached to an aromatic ring is 1. The van der Waals surface area contributed by atoms with Crippen LogP contribution in [0.1, 0.15) is 32.8 Å². The minimum atomic E-state index is -3.72. The number of halogens is 1. The van der Waals surface area contributed by atoms with E-state index in [0.29, 0.717) is 17.0 Å². The summed E-state index contributed by atoms with van der Waals surface area (Å²) in [5, 5.41) is 10.2. The Morgan fingerprint density at radius 2 is 1.95 bits per heavy atom. The van der Waals surface area contributed by atoms with Crippen molar-refractivity contribution in [2.45, 2.75) is 45.1 Å². The topological polar surface area (TPSA) is 92.4 Å². The Morgan fingerprint density at radius 1 is 1.38 bits per heavy atom. The number of hydrogen-bond acceptors (Lipinski definition) is 4. The largest absolute Gasteiger partial charge is 0.397 e. The third-order valence-corrected chi connectivity index (χ3v) is 4.84. The van der Waals surface area contributed by atoms with Gasteiger partial charge in [0.2, 0.25) is 10.0 Å². The molecule has 4 N–H and O–H groups in total. The highest BCUT2D eigenvalue weighted by atomic mass is 35.5. The van der Waals surface area contributed by atoms with Crippen LogP contribution in [0.15, 0.2) is 17.0 Å². The lowest BCUT2D eigenvalue weighted by atomic mass is 9.89. The van der Waals surface area contributed by atoms with Gasteiger partial charge < -0.3 is 10.8 Å². The summed E-state index contributed by atoms with van der Waals surface area (Å²) < 4.78 is 26.8. The van der Waals surface area contributed by atoms with Crippen LogP contribution in [-0.4, -0.2) is 26.2 Å². The number of aliphatic hydroxyl groups excluding tert-OH is 1. The number of rotatable bonds is 5. The molecule has 0 aromatic heterocycles. The second-order valence-corrected chi connectivity index (χ2v) is 8.56. The van der Waals surface area contributed by atoms with Crippen LogP contribution in [0.2, 0.25) is 5.02 Å². The quantitative estimate of drug-likeness (QED) is 0.720. The van der Waals surface area contributed by atoms with Crippen LogP contribution in [0.5, 0.6) is 0 Å². The molecule has 0 aliphatic heterocycles. The molecule has 0 fully saturated rings. The Morgan fingerprint density at radius 3 is 2.43 bits per heavy atom. The molecule has 0 heterocycles. The Balaban J connectivity index is 2.83. The highest BCUT2D eigenvalue weighted by Crippen LogP contribution is 2.27. The van der Waals surface area contributed by atoms with Crippen molar-refractivity contribution in [2.75, 3.05) is 12.3 Å². The zero-order valence-corrected chi connectivity index (χ0v) is 14.3. The molecular weight excluding hydrogens is 312 g/mol. The Bertz CT molecular complexity index is 586. The van der Waals surface area contributed by atoms with Gasteiger partial charge >= 0.3 is 0 Å². The van der Waals surface area contributed by atoms with Crippen molar-refractivity contribution in [3.05, 3.63) is 22.7 Å². The highest BCUT2D eigenvalue weighted by Gasteiger charge is 2.21. The molecule has 1 aromatic carbocycles. The van der Waals surface area contributed by atoms with Crippen molar-refractivity contribution < 1.29 is 13.5 Å². The molecule has 0 saturated heterocycles. The van der Waals surface area contributed by atoms with Gasteiger partial charge in [0.15, 0.2) is 0 Å². The van der Waals surface area contributed by atoms with Crippen molar-refractivity contribution in [3.8, 4) is 0 Å². The molecule has 1 rings (SSSR count). The van der Waals surface area contributed by atoms with Crippen molar-refractivity contribution >= 4 is 27.3 Å². The number of benzene rings is 1. The second-order valence-electron chi connectivity index (χ2n) is 6.41. The molecule has 0 bridgehead atoms. The van der Waals surface area contributed by atoms with Crippen molar-refractivity contribution in [2.24, 2.45) is 5.41 Å². The van der Waals surface area contributed by atoms with Gasteiger partial charge in [0.05, 0.1) is 21.7 Å². The Hall–Kier alpha value is -0.820. The third-order valence-electron chi connectivity index (χ3n) is 2.92. The lowest BCUT2D eigenvalue weighted by molar-refractivity contribution is 0.125. The molecular formula is C14H23ClN2O3S. The predicted octanol–water partition coefficient (Wildman–Crippen LogP) is 2.31. The molecule has 7 heteroatoms. The van der Waals surface area contributed by atoms with E-state index >= 15 is 0 Å². The average Bonchev–Trinajstić information content (AvgIpc) is 2.31. The SMILES string of the molecule is Cc1cc(S(=O)(=O)NCC(O)CC(C)(C)C)cc(N)c1Cl. The maximum atomic E-state index is 12.2. The first-order chi connectivity index (χ1) is 9.42. The maximum absolute atomic E-state index is 12.2. The number of hydrogen-bond donors (Lipinski definition) is 3. The zero-order valence-electron chi connectivity index (χ0n) is 12.8. The van der Waals surface area contributed by atoms with E-state index in [-0.39, 0.29) is 22.5 Å². The van der Waals surface area contributed by atoms with E-state index in [4.69, 9.17) is 17.3 Å². The molecule has 0 radical (unpaired) electrons. The number of nitrogens with one attached hydrogen (secondary N) is 1. The summed E-state index contributed by atoms with van der Waals surface area (Å²) in [4.78, 5) is 0.0462. The van der Waals surface area contributed by atoms with Crippen LogP contribution in [-0.2, 0) is 10.0 Å². The van der Waals surface area contributed by atoms with Gasteiger partial charge in [-0.15, -0.1) is 0 Å². The minimum Gasteiger partial charge on any atom is -0.397 e. The van der Waals surface area contributed by atoms with Gasteiger partial charge in [0, 0.05) is 6.54 Å². The van der Waals surface area contributed by atoms with Gasteiger partial charge in [-0.1, -0.05) is 32.4 Å². The molecule has 1 atom stereocenters. The first-order valence-electron chi connectivity index (χ1n) is 6.66. The molecule has 0 aliphatic carbocycles. The van der Waals surface area contributed by atoms with Gasteiger partial charge in [0.25, 0.3) is 0 Å². The minimum absolute atomic E-state index is 0.0405. The average molecular weight is 335 g/mol. The lowest BCUT2D eigenvalue weighted by Crippen LogP contribution is -2.34. The molecule has 1 unspecified atom stereocenters. The second kappa shape index (κ2) is 6.52. The molecule has 120 valence electrons. The van der Waals surface area contributed by atoms with Crippen molar-refractivity contribution in [1.29, 1.82) is 0 Å². The van der Waals surface area contributed by atoms with Crippen LogP contribution < -0.4 is 10.5 Å². The first kappa shape index (κ1) is 18.2. The van der Waals surface area contributed by atoms with Crippen LogP contribution in [0, 0.1) is 12.3 Å². The number of sulfonamides is 1. The zero-order chi connectivity index (χ0) is 16.4. The number of nitrogens with two attached hydrogens (primary N) is 1. The molecule has 0 amide bonds. The monoisotopic (exact) mass is 334 g/mol. The predicted molar refractivity (Wildman–Crippen MR) is 85.9 cm³/mol. The summed E-state index contributed by atoms with van der Waals surface area (Å²) in [6, 6.07) is 2.77. The van der Waals surface area contributed by atoms with Gasteiger partial charge in [-0.3, -0.25) is 0 Å². The highest BCUT2D eigenvalue weighted by molar-refractivity contribution is 7.89. The maximum Gasteiger partial charge on any atom is 0.240 e. The van der Waals surface area contributed by atoms with E-state index in [1.165, 1.54) is 12.1 Å². The fourth-order valence-electron chi connectivity index (χ4n) is 1.99. The van der Waals surface area contributed by atoms with Crippen LogP contribution in [0.25, 0.3) is 0 Å². The summed E-state index contributed by atoms with van der Waals surface area (Å²) in [7, 11) is -3.72. The molecule has 5 nitrogen and oxygen atoms in total. The van der Waals surface area contributed by atoms with E-state index < -0.39 is 16.1 Å². The summed E-state index contributed by atoms with van der Waals surface area (Å²) in [6.45, 7) is 7.59. The smallest absolute Gasteiger partial charge is 0.240 e. The van der Waals surface area contributed by atoms with Gasteiger partial charge in [-0.25, -0.2) is 13.1 Å². The van der Waals surface area contributed by atoms with E-state index in [1.807, 2.05) is 20.8 Å². The first-order valence-corrected chi connectivity index (χ1v) is 8.52. The lowest BCUT2D eigenvalue weighted by Gasteiger charge is -2.22. The fourth-order valence-corrected chi connectivity index (χ4v) is 3.29. The summed E-state index contributed by atoms with van der Waals surface area (Å²) >= 11 is 5.92. The standard InChI is InChI=1S/C14H23ClN2O3S/c1-9-5-11(6-12(16)13(9)15)21(19,20)17-8-10(18)7-14(2,3)4/h5-6,10,17-18H,7-8,16H2,1-4H3. The van der Waals surface area contributed by atoms with Gasteiger partial charge in [0.1, 0.15) is 0 Å². The molecule has 0 saturated carbocycles. The molecule has 0 spiro atoms. The van der Waals surface area contributed by atoms with Crippen molar-refractivity contribution in [1.82, 2.24) is 4.72 Å². The Labute approximate surface area is 131 Å². The summed E-state index contributed by atoms with van der Waals surface area (Å²) in [5.74, 6) is 0. The molecule has 1 aromatic rings. The molecule has 0 aliphatic rings. The van der Waals surface area contributed by atoms with Crippen LogP contribution in [0.4, 0.5) is 5.69 Å². The number of anilines is 1. The number of aryl methyl sites for hydroxylation is 1. The van der Waals surface area contributed by atoms with Gasteiger partial charge in [-0.2, -0.15) is 0 Å². The van der Waals surface area contributed by atoms with E-state index in [0.717, 1.165) is 0 Å².